The summed E-state index contributed by atoms with van der Waals surface area (Å²) >= 11 is 7.16. The van der Waals surface area contributed by atoms with Gasteiger partial charge in [-0.15, -0.1) is 0 Å². The molecule has 24 heavy (non-hydrogen) atoms. The second-order valence-corrected chi connectivity index (χ2v) is 6.77. The first-order valence-corrected chi connectivity index (χ1v) is 9.08. The molecular formula is C18H17ClN2O2S. The minimum absolute atomic E-state index is 0.114. The van der Waals surface area contributed by atoms with Crippen LogP contribution >= 0.6 is 23.4 Å². The molecule has 0 amide bonds. The molecule has 0 aliphatic heterocycles. The molecular weight excluding hydrogens is 344 g/mol. The number of benzene rings is 2. The largest absolute Gasteiger partial charge is 0.494 e. The van der Waals surface area contributed by atoms with Crippen molar-refractivity contribution < 1.29 is 4.74 Å². The molecule has 4 nitrogen and oxygen atoms in total. The molecule has 2 aromatic carbocycles. The van der Waals surface area contributed by atoms with Gasteiger partial charge in [-0.05, 0) is 35.7 Å². The standard InChI is InChI=1S/C18H17ClN2O2S/c19-16-12-20-18(21-17(16)22)24-10-4-3-9-23-15-8-7-13-5-1-2-6-14(13)11-15/h1-2,5-8,11-12H,3-4,9-10H2,(H,20,21,22). The molecule has 0 unspecified atom stereocenters. The number of hydrogen-bond acceptors (Lipinski definition) is 4. The molecule has 3 rings (SSSR count). The van der Waals surface area contributed by atoms with Crippen molar-refractivity contribution in [1.82, 2.24) is 9.97 Å². The normalized spacial score (nSPS) is 10.9. The van der Waals surface area contributed by atoms with Crippen molar-refractivity contribution in [1.29, 1.82) is 0 Å². The van der Waals surface area contributed by atoms with Crippen molar-refractivity contribution >= 4 is 34.1 Å². The molecule has 0 aliphatic carbocycles. The lowest BCUT2D eigenvalue weighted by molar-refractivity contribution is 0.310. The third-order valence-corrected chi connectivity index (χ3v) is 4.74. The van der Waals surface area contributed by atoms with E-state index in [4.69, 9.17) is 16.3 Å². The zero-order valence-corrected chi connectivity index (χ0v) is 14.6. The first kappa shape index (κ1) is 16.9. The van der Waals surface area contributed by atoms with E-state index >= 15 is 0 Å². The fourth-order valence-corrected chi connectivity index (χ4v) is 3.19. The van der Waals surface area contributed by atoms with Crippen molar-refractivity contribution in [2.75, 3.05) is 12.4 Å². The Morgan fingerprint density at radius 1 is 1.12 bits per heavy atom. The number of nitrogens with zero attached hydrogens (tertiary/aromatic N) is 1. The Balaban J connectivity index is 1.40. The van der Waals surface area contributed by atoms with Crippen LogP contribution in [0.5, 0.6) is 5.75 Å². The average Bonchev–Trinajstić information content (AvgIpc) is 2.61. The van der Waals surface area contributed by atoms with Crippen molar-refractivity contribution in [2.24, 2.45) is 0 Å². The number of nitrogens with one attached hydrogen (secondary N) is 1. The van der Waals surface area contributed by atoms with E-state index in [9.17, 15) is 4.79 Å². The Labute approximate surface area is 149 Å². The molecule has 0 atom stereocenters. The number of hydrogen-bond donors (Lipinski definition) is 1. The Morgan fingerprint density at radius 3 is 2.79 bits per heavy atom. The van der Waals surface area contributed by atoms with Gasteiger partial charge in [-0.25, -0.2) is 4.98 Å². The quantitative estimate of drug-likeness (QED) is 0.382. The summed E-state index contributed by atoms with van der Waals surface area (Å²) in [4.78, 5) is 18.1. The SMILES string of the molecule is O=c1[nH]c(SCCCCOc2ccc3ccccc3c2)ncc1Cl. The molecule has 6 heteroatoms. The second-order valence-electron chi connectivity index (χ2n) is 5.28. The summed E-state index contributed by atoms with van der Waals surface area (Å²) in [5.41, 5.74) is -0.297. The van der Waals surface area contributed by atoms with Crippen LogP contribution < -0.4 is 10.3 Å². The molecule has 1 N–H and O–H groups in total. The lowest BCUT2D eigenvalue weighted by Crippen LogP contribution is -2.08. The number of fused-ring (bicyclic) bond motifs is 1. The third kappa shape index (κ3) is 4.52. The van der Waals surface area contributed by atoms with Crippen LogP contribution in [0.15, 0.2) is 58.6 Å². The lowest BCUT2D eigenvalue weighted by Gasteiger charge is -2.07. The van der Waals surface area contributed by atoms with Gasteiger partial charge in [-0.2, -0.15) is 0 Å². The first-order chi connectivity index (χ1) is 11.7. The van der Waals surface area contributed by atoms with Gasteiger partial charge in [0.2, 0.25) is 0 Å². The maximum absolute atomic E-state index is 11.4. The molecule has 0 fully saturated rings. The van der Waals surface area contributed by atoms with E-state index in [-0.39, 0.29) is 10.6 Å². The fourth-order valence-electron chi connectivity index (χ4n) is 2.26. The van der Waals surface area contributed by atoms with E-state index in [0.717, 1.165) is 24.3 Å². The molecule has 0 saturated heterocycles. The van der Waals surface area contributed by atoms with Crippen LogP contribution in [0.2, 0.25) is 5.02 Å². The monoisotopic (exact) mass is 360 g/mol. The predicted octanol–water partition coefficient (Wildman–Crippen LogP) is 4.53. The second kappa shape index (κ2) is 8.22. The summed E-state index contributed by atoms with van der Waals surface area (Å²) < 4.78 is 5.80. The first-order valence-electron chi connectivity index (χ1n) is 7.71. The van der Waals surface area contributed by atoms with Crippen molar-refractivity contribution in [3.05, 3.63) is 64.0 Å². The highest BCUT2D eigenvalue weighted by Gasteiger charge is 2.01. The smallest absolute Gasteiger partial charge is 0.270 e. The number of rotatable bonds is 7. The van der Waals surface area contributed by atoms with Crippen molar-refractivity contribution in [3.63, 3.8) is 0 Å². The van der Waals surface area contributed by atoms with Gasteiger partial charge in [0.15, 0.2) is 5.16 Å². The fraction of sp³-hybridized carbons (Fsp3) is 0.222. The van der Waals surface area contributed by atoms with E-state index in [1.54, 1.807) is 0 Å². The van der Waals surface area contributed by atoms with Crippen LogP contribution in [0.1, 0.15) is 12.8 Å². The maximum atomic E-state index is 11.4. The van der Waals surface area contributed by atoms with Gasteiger partial charge >= 0.3 is 0 Å². The molecule has 3 aromatic rings. The number of unbranched alkanes of at least 4 members (excludes halogenated alkanes) is 1. The van der Waals surface area contributed by atoms with Crippen molar-refractivity contribution in [2.45, 2.75) is 18.0 Å². The van der Waals surface area contributed by atoms with E-state index in [2.05, 4.69) is 34.2 Å². The highest BCUT2D eigenvalue weighted by atomic mass is 35.5. The van der Waals surface area contributed by atoms with Crippen molar-refractivity contribution in [3.8, 4) is 5.75 Å². The molecule has 124 valence electrons. The van der Waals surface area contributed by atoms with Crippen LogP contribution in [-0.2, 0) is 0 Å². The van der Waals surface area contributed by atoms with E-state index in [1.165, 1.54) is 28.7 Å². The Bertz CT molecular complexity index is 882. The zero-order chi connectivity index (χ0) is 16.8. The highest BCUT2D eigenvalue weighted by molar-refractivity contribution is 7.99. The predicted molar refractivity (Wildman–Crippen MR) is 99.3 cm³/mol. The maximum Gasteiger partial charge on any atom is 0.270 e. The van der Waals surface area contributed by atoms with Gasteiger partial charge in [-0.3, -0.25) is 4.79 Å². The van der Waals surface area contributed by atoms with Crippen LogP contribution in [0.4, 0.5) is 0 Å². The number of H-pyrrole nitrogens is 1. The van der Waals surface area contributed by atoms with Crippen LogP contribution in [0.25, 0.3) is 10.8 Å². The van der Waals surface area contributed by atoms with Gasteiger partial charge in [0.05, 0.1) is 12.8 Å². The number of thioether (sulfide) groups is 1. The molecule has 0 bridgehead atoms. The number of halogens is 1. The van der Waals surface area contributed by atoms with Crippen LogP contribution in [-0.4, -0.2) is 22.3 Å². The number of ether oxygens (including phenoxy) is 1. The molecule has 1 aromatic heterocycles. The summed E-state index contributed by atoms with van der Waals surface area (Å²) in [6, 6.07) is 14.4. The summed E-state index contributed by atoms with van der Waals surface area (Å²) in [6.45, 7) is 0.670. The number of aromatic amines is 1. The van der Waals surface area contributed by atoms with Crippen LogP contribution in [0, 0.1) is 0 Å². The minimum Gasteiger partial charge on any atom is -0.494 e. The third-order valence-electron chi connectivity index (χ3n) is 3.50. The topological polar surface area (TPSA) is 55.0 Å². The average molecular weight is 361 g/mol. The number of aromatic nitrogens is 2. The summed E-state index contributed by atoms with van der Waals surface area (Å²) in [6.07, 6.45) is 3.30. The van der Waals surface area contributed by atoms with E-state index in [1.807, 2.05) is 18.2 Å². The molecule has 0 aliphatic rings. The van der Waals surface area contributed by atoms with Gasteiger partial charge in [0.1, 0.15) is 10.8 Å². The van der Waals surface area contributed by atoms with Gasteiger partial charge in [-0.1, -0.05) is 53.7 Å². The van der Waals surface area contributed by atoms with Gasteiger partial charge < -0.3 is 9.72 Å². The lowest BCUT2D eigenvalue weighted by atomic mass is 10.1. The highest BCUT2D eigenvalue weighted by Crippen LogP contribution is 2.21. The summed E-state index contributed by atoms with van der Waals surface area (Å²) in [5.74, 6) is 1.76. The van der Waals surface area contributed by atoms with Gasteiger partial charge in [0.25, 0.3) is 5.56 Å². The van der Waals surface area contributed by atoms with E-state index in [0.29, 0.717) is 11.8 Å². The summed E-state index contributed by atoms with van der Waals surface area (Å²) in [5, 5.41) is 3.11. The molecule has 0 spiro atoms. The Morgan fingerprint density at radius 2 is 1.96 bits per heavy atom. The summed E-state index contributed by atoms with van der Waals surface area (Å²) in [7, 11) is 0. The van der Waals surface area contributed by atoms with Crippen LogP contribution in [0.3, 0.4) is 0 Å². The molecule has 0 saturated carbocycles. The molecule has 0 radical (unpaired) electrons. The van der Waals surface area contributed by atoms with E-state index < -0.39 is 0 Å². The Hall–Kier alpha value is -1.98. The Kier molecular flexibility index (Phi) is 5.77. The zero-order valence-electron chi connectivity index (χ0n) is 13.0. The van der Waals surface area contributed by atoms with Gasteiger partial charge in [0, 0.05) is 5.75 Å². The minimum atomic E-state index is -0.297. The molecule has 1 heterocycles.